The average molecular weight is 553 g/mol. The molecule has 0 saturated heterocycles. The second-order valence-electron chi connectivity index (χ2n) is 8.41. The van der Waals surface area contributed by atoms with Crippen LogP contribution in [0.1, 0.15) is 15.9 Å². The van der Waals surface area contributed by atoms with Gasteiger partial charge in [-0.05, 0) is 77.7 Å². The Morgan fingerprint density at radius 1 is 0.718 bits per heavy atom. The van der Waals surface area contributed by atoms with Crippen LogP contribution in [0.2, 0.25) is 0 Å². The van der Waals surface area contributed by atoms with Crippen LogP contribution >= 0.6 is 11.3 Å². The van der Waals surface area contributed by atoms with Crippen molar-refractivity contribution in [3.8, 4) is 0 Å². The van der Waals surface area contributed by atoms with Gasteiger partial charge < -0.3 is 4.90 Å². The molecule has 0 aliphatic carbocycles. The van der Waals surface area contributed by atoms with Gasteiger partial charge in [0.1, 0.15) is 4.21 Å². The Labute approximate surface area is 231 Å². The number of amides is 1. The fraction of sp³-hybridized carbons (Fsp3) is 0. The molecule has 4 aromatic carbocycles. The van der Waals surface area contributed by atoms with Crippen molar-refractivity contribution < 1.29 is 13.2 Å². The van der Waals surface area contributed by atoms with Gasteiger partial charge in [-0.1, -0.05) is 54.6 Å². The summed E-state index contributed by atoms with van der Waals surface area (Å²) in [6.45, 7) is 0. The van der Waals surface area contributed by atoms with Gasteiger partial charge >= 0.3 is 0 Å². The van der Waals surface area contributed by atoms with Crippen molar-refractivity contribution in [3.63, 3.8) is 0 Å². The van der Waals surface area contributed by atoms with Gasteiger partial charge in [0.2, 0.25) is 0 Å². The predicted molar refractivity (Wildman–Crippen MR) is 158 cm³/mol. The van der Waals surface area contributed by atoms with E-state index < -0.39 is 15.9 Å². The fourth-order valence-electron chi connectivity index (χ4n) is 3.85. The van der Waals surface area contributed by atoms with Gasteiger partial charge in [0.15, 0.2) is 0 Å². The van der Waals surface area contributed by atoms with Crippen LogP contribution in [0.25, 0.3) is 0 Å². The van der Waals surface area contributed by atoms with Crippen LogP contribution in [-0.2, 0) is 10.0 Å². The summed E-state index contributed by atoms with van der Waals surface area (Å²) in [5, 5.41) is 5.77. The van der Waals surface area contributed by atoms with Gasteiger partial charge in [0.05, 0.1) is 6.21 Å². The van der Waals surface area contributed by atoms with Gasteiger partial charge in [-0.2, -0.15) is 5.10 Å². The number of carbonyl (C=O) groups excluding carboxylic acids is 1. The number of nitrogens with zero attached hydrogens (tertiary/aromatic N) is 2. The van der Waals surface area contributed by atoms with E-state index in [-0.39, 0.29) is 4.21 Å². The molecule has 5 rings (SSSR count). The van der Waals surface area contributed by atoms with E-state index in [1.165, 1.54) is 30.3 Å². The Bertz CT molecular complexity index is 1620. The summed E-state index contributed by atoms with van der Waals surface area (Å²) >= 11 is 1.13. The maximum absolute atomic E-state index is 12.5. The van der Waals surface area contributed by atoms with E-state index >= 15 is 0 Å². The molecule has 0 aliphatic rings. The largest absolute Gasteiger partial charge is 0.311 e. The van der Waals surface area contributed by atoms with Crippen LogP contribution in [0.4, 0.5) is 22.7 Å². The smallest absolute Gasteiger partial charge is 0.271 e. The number of carbonyl (C=O) groups is 1. The monoisotopic (exact) mass is 552 g/mol. The lowest BCUT2D eigenvalue weighted by Crippen LogP contribution is -2.17. The molecular weight excluding hydrogens is 528 g/mol. The van der Waals surface area contributed by atoms with Gasteiger partial charge in [-0.3, -0.25) is 9.52 Å². The normalized spacial score (nSPS) is 11.3. The Morgan fingerprint density at radius 3 is 1.87 bits per heavy atom. The summed E-state index contributed by atoms with van der Waals surface area (Å²) < 4.78 is 27.4. The lowest BCUT2D eigenvalue weighted by Gasteiger charge is -2.25. The molecule has 0 fully saturated rings. The molecule has 0 unspecified atom stereocenters. The van der Waals surface area contributed by atoms with Crippen LogP contribution in [0.15, 0.2) is 136 Å². The van der Waals surface area contributed by atoms with Crippen molar-refractivity contribution in [3.05, 3.63) is 138 Å². The van der Waals surface area contributed by atoms with Gasteiger partial charge in [0.25, 0.3) is 15.9 Å². The first-order valence-corrected chi connectivity index (χ1v) is 14.4. The summed E-state index contributed by atoms with van der Waals surface area (Å²) in [6.07, 6.45) is 1.57. The number of anilines is 4. The number of hydrogen-bond donors (Lipinski definition) is 2. The number of hydrogen-bond acceptors (Lipinski definition) is 6. The number of hydrazone groups is 1. The first-order valence-electron chi connectivity index (χ1n) is 12.0. The molecule has 1 aromatic heterocycles. The second kappa shape index (κ2) is 11.8. The van der Waals surface area contributed by atoms with Crippen molar-refractivity contribution in [1.29, 1.82) is 0 Å². The van der Waals surface area contributed by atoms with E-state index in [9.17, 15) is 13.2 Å². The number of sulfonamides is 1. The van der Waals surface area contributed by atoms with E-state index in [4.69, 9.17) is 0 Å². The lowest BCUT2D eigenvalue weighted by atomic mass is 10.1. The molecule has 1 heterocycles. The molecule has 5 aromatic rings. The third kappa shape index (κ3) is 6.40. The third-order valence-corrected chi connectivity index (χ3v) is 8.50. The van der Waals surface area contributed by atoms with Crippen LogP contribution < -0.4 is 15.0 Å². The quantitative estimate of drug-likeness (QED) is 0.156. The van der Waals surface area contributed by atoms with Gasteiger partial charge in [0, 0.05) is 28.3 Å². The highest BCUT2D eigenvalue weighted by atomic mass is 32.2. The van der Waals surface area contributed by atoms with E-state index in [0.717, 1.165) is 34.0 Å². The zero-order valence-corrected chi connectivity index (χ0v) is 22.3. The number of benzene rings is 4. The molecule has 0 radical (unpaired) electrons. The minimum Gasteiger partial charge on any atom is -0.311 e. The predicted octanol–water partition coefficient (Wildman–Crippen LogP) is 6.78. The van der Waals surface area contributed by atoms with Crippen molar-refractivity contribution >= 4 is 56.2 Å². The SMILES string of the molecule is O=C(N/N=C\c1ccc(N(c2ccccc2)c2ccccc2)cc1)c1ccc(NS(=O)(=O)c2cccs2)cc1. The first kappa shape index (κ1) is 25.9. The minimum atomic E-state index is -3.65. The highest BCUT2D eigenvalue weighted by molar-refractivity contribution is 7.94. The Balaban J connectivity index is 1.23. The highest BCUT2D eigenvalue weighted by Gasteiger charge is 2.15. The molecule has 0 bridgehead atoms. The van der Waals surface area contributed by atoms with Crippen LogP contribution in [0.5, 0.6) is 0 Å². The molecule has 0 atom stereocenters. The van der Waals surface area contributed by atoms with Crippen molar-refractivity contribution in [2.75, 3.05) is 9.62 Å². The Morgan fingerprint density at radius 2 is 1.31 bits per heavy atom. The minimum absolute atomic E-state index is 0.222. The number of thiophene rings is 1. The van der Waals surface area contributed by atoms with Gasteiger partial charge in [-0.15, -0.1) is 11.3 Å². The summed E-state index contributed by atoms with van der Waals surface area (Å²) in [6, 6.07) is 37.4. The average Bonchev–Trinajstić information content (AvgIpc) is 3.52. The lowest BCUT2D eigenvalue weighted by molar-refractivity contribution is 0.0955. The van der Waals surface area contributed by atoms with E-state index in [2.05, 4.69) is 44.4 Å². The Kier molecular flexibility index (Phi) is 7.81. The van der Waals surface area contributed by atoms with Crippen LogP contribution in [0.3, 0.4) is 0 Å². The molecule has 9 heteroatoms. The summed E-state index contributed by atoms with van der Waals surface area (Å²) in [5.41, 5.74) is 7.12. The molecule has 7 nitrogen and oxygen atoms in total. The number of para-hydroxylation sites is 2. The molecule has 0 aliphatic heterocycles. The fourth-order valence-corrected chi connectivity index (χ4v) is 5.90. The standard InChI is InChI=1S/C30H24N4O3S2/c35-30(24-15-17-25(18-16-24)33-39(36,37)29-12-7-21-38-29)32-31-22-23-13-19-28(20-14-23)34(26-8-3-1-4-9-26)27-10-5-2-6-11-27/h1-22,33H,(H,32,35)/b31-22-. The maximum atomic E-state index is 12.5. The van der Waals surface area contributed by atoms with Crippen LogP contribution in [0, 0.1) is 0 Å². The summed E-state index contributed by atoms with van der Waals surface area (Å²) in [7, 11) is -3.65. The molecule has 0 saturated carbocycles. The van der Waals surface area contributed by atoms with E-state index in [1.807, 2.05) is 60.7 Å². The Hall–Kier alpha value is -4.73. The topological polar surface area (TPSA) is 90.9 Å². The molecule has 0 spiro atoms. The van der Waals surface area contributed by atoms with Gasteiger partial charge in [-0.25, -0.2) is 13.8 Å². The zero-order valence-electron chi connectivity index (χ0n) is 20.6. The molecular formula is C30H24N4O3S2. The summed E-state index contributed by atoms with van der Waals surface area (Å²) in [4.78, 5) is 14.7. The van der Waals surface area contributed by atoms with Crippen LogP contribution in [-0.4, -0.2) is 20.5 Å². The van der Waals surface area contributed by atoms with Crippen molar-refractivity contribution in [1.82, 2.24) is 5.43 Å². The molecule has 39 heavy (non-hydrogen) atoms. The molecule has 194 valence electrons. The van der Waals surface area contributed by atoms with E-state index in [1.54, 1.807) is 17.7 Å². The summed E-state index contributed by atoms with van der Waals surface area (Å²) in [5.74, 6) is -0.408. The van der Waals surface area contributed by atoms with Crippen molar-refractivity contribution in [2.45, 2.75) is 4.21 Å². The van der Waals surface area contributed by atoms with Crippen molar-refractivity contribution in [2.24, 2.45) is 5.10 Å². The first-order chi connectivity index (χ1) is 19.0. The third-order valence-electron chi connectivity index (χ3n) is 5.72. The number of nitrogens with one attached hydrogen (secondary N) is 2. The highest BCUT2D eigenvalue weighted by Crippen LogP contribution is 2.33. The van der Waals surface area contributed by atoms with E-state index in [0.29, 0.717) is 11.3 Å². The zero-order chi connectivity index (χ0) is 27.1. The molecule has 1 amide bonds. The maximum Gasteiger partial charge on any atom is 0.271 e. The number of rotatable bonds is 9. The second-order valence-corrected chi connectivity index (χ2v) is 11.3. The molecule has 2 N–H and O–H groups in total.